The van der Waals surface area contributed by atoms with Crippen LogP contribution in [0.25, 0.3) is 0 Å². The van der Waals surface area contributed by atoms with Crippen molar-refractivity contribution in [1.82, 2.24) is 9.80 Å². The third-order valence-electron chi connectivity index (χ3n) is 7.01. The van der Waals surface area contributed by atoms with Crippen LogP contribution in [0.4, 0.5) is 4.39 Å². The first-order chi connectivity index (χ1) is 17.4. The summed E-state index contributed by atoms with van der Waals surface area (Å²) in [5, 5.41) is 0. The minimum absolute atomic E-state index is 0.123. The minimum Gasteiger partial charge on any atom is -0.497 e. The van der Waals surface area contributed by atoms with Crippen molar-refractivity contribution in [3.05, 3.63) is 77.1 Å². The summed E-state index contributed by atoms with van der Waals surface area (Å²) in [5.41, 5.74) is 1.66. The largest absolute Gasteiger partial charge is 0.497 e. The van der Waals surface area contributed by atoms with E-state index in [0.29, 0.717) is 11.3 Å². The number of fused-ring (bicyclic) bond motifs is 2. The van der Waals surface area contributed by atoms with Gasteiger partial charge in [-0.3, -0.25) is 9.69 Å². The molecule has 0 radical (unpaired) electrons. The van der Waals surface area contributed by atoms with E-state index in [1.807, 2.05) is 0 Å². The number of ether oxygens (including phenoxy) is 3. The van der Waals surface area contributed by atoms with Crippen molar-refractivity contribution in [3.8, 4) is 5.75 Å². The summed E-state index contributed by atoms with van der Waals surface area (Å²) in [6.07, 6.45) is 4.47. The molecule has 9 heteroatoms. The molecule has 3 heterocycles. The molecular weight excluding hydrogens is 467 g/mol. The van der Waals surface area contributed by atoms with Gasteiger partial charge in [-0.2, -0.15) is 0 Å². The Labute approximate surface area is 208 Å². The molecule has 0 aliphatic carbocycles. The molecule has 1 saturated heterocycles. The van der Waals surface area contributed by atoms with E-state index in [-0.39, 0.29) is 29.8 Å². The first kappa shape index (κ1) is 24.0. The smallest absolute Gasteiger partial charge is 0.375 e. The van der Waals surface area contributed by atoms with Gasteiger partial charge in [-0.25, -0.2) is 14.0 Å². The molecule has 36 heavy (non-hydrogen) atoms. The highest BCUT2D eigenvalue weighted by Crippen LogP contribution is 2.44. The van der Waals surface area contributed by atoms with E-state index < -0.39 is 17.8 Å². The maximum Gasteiger partial charge on any atom is 0.375 e. The molecule has 188 valence electrons. The number of halogens is 1. The Bertz CT molecular complexity index is 1180. The second-order valence-electron chi connectivity index (χ2n) is 9.25. The van der Waals surface area contributed by atoms with E-state index in [9.17, 15) is 18.8 Å². The SMILES string of the molecule is COc1ccc2c(c1)C1(OC(=O)C=CC(=O)O1)N(CC1CCN(CCc3ccc(F)cc3)CC1)C2=O. The van der Waals surface area contributed by atoms with Crippen LogP contribution in [0.3, 0.4) is 0 Å². The van der Waals surface area contributed by atoms with Gasteiger partial charge >= 0.3 is 17.8 Å². The summed E-state index contributed by atoms with van der Waals surface area (Å²) in [5.74, 6) is -3.56. The van der Waals surface area contributed by atoms with E-state index in [1.165, 1.54) is 24.1 Å². The Morgan fingerprint density at radius 1 is 1.00 bits per heavy atom. The zero-order valence-electron chi connectivity index (χ0n) is 19.9. The van der Waals surface area contributed by atoms with Gasteiger partial charge in [0.15, 0.2) is 0 Å². The van der Waals surface area contributed by atoms with E-state index in [0.717, 1.165) is 56.6 Å². The van der Waals surface area contributed by atoms with Gasteiger partial charge in [-0.1, -0.05) is 12.1 Å². The van der Waals surface area contributed by atoms with Crippen LogP contribution in [-0.4, -0.2) is 60.9 Å². The van der Waals surface area contributed by atoms with Crippen LogP contribution in [0, 0.1) is 11.7 Å². The summed E-state index contributed by atoms with van der Waals surface area (Å²) in [7, 11) is 1.49. The lowest BCUT2D eigenvalue weighted by Gasteiger charge is -2.39. The second-order valence-corrected chi connectivity index (χ2v) is 9.25. The first-order valence-corrected chi connectivity index (χ1v) is 12.0. The number of hydrogen-bond acceptors (Lipinski definition) is 7. The Balaban J connectivity index is 1.31. The average Bonchev–Trinajstić information content (AvgIpc) is 2.99. The van der Waals surface area contributed by atoms with E-state index in [2.05, 4.69) is 4.90 Å². The van der Waals surface area contributed by atoms with Crippen LogP contribution in [0.5, 0.6) is 5.75 Å². The highest BCUT2D eigenvalue weighted by molar-refractivity contribution is 6.01. The molecule has 0 bridgehead atoms. The van der Waals surface area contributed by atoms with Crippen LogP contribution < -0.4 is 4.74 Å². The maximum atomic E-state index is 13.5. The van der Waals surface area contributed by atoms with Gasteiger partial charge in [0.25, 0.3) is 5.91 Å². The van der Waals surface area contributed by atoms with E-state index in [1.54, 1.807) is 30.3 Å². The van der Waals surface area contributed by atoms with Crippen LogP contribution >= 0.6 is 0 Å². The fourth-order valence-corrected chi connectivity index (χ4v) is 5.03. The Kier molecular flexibility index (Phi) is 6.49. The molecule has 3 aliphatic rings. The zero-order valence-corrected chi connectivity index (χ0v) is 19.9. The van der Waals surface area contributed by atoms with Gasteiger partial charge in [0.1, 0.15) is 11.6 Å². The molecule has 0 saturated carbocycles. The number of hydrogen-bond donors (Lipinski definition) is 0. The van der Waals surface area contributed by atoms with Gasteiger partial charge in [0.05, 0.1) is 18.2 Å². The van der Waals surface area contributed by atoms with Crippen LogP contribution in [0.2, 0.25) is 0 Å². The maximum absolute atomic E-state index is 13.5. The standard InChI is InChI=1S/C27H27FN2O6/c1-34-21-6-7-22-23(16-21)27(35-24(31)8-9-25(32)36-27)30(26(22)33)17-19-11-14-29(15-12-19)13-10-18-2-4-20(28)5-3-18/h2-9,16,19H,10-15,17H2,1H3. The average molecular weight is 495 g/mol. The number of rotatable bonds is 6. The summed E-state index contributed by atoms with van der Waals surface area (Å²) in [6.45, 7) is 2.80. The number of methoxy groups -OCH3 is 1. The van der Waals surface area contributed by atoms with Gasteiger partial charge < -0.3 is 19.1 Å². The van der Waals surface area contributed by atoms with E-state index in [4.69, 9.17) is 14.2 Å². The fourth-order valence-electron chi connectivity index (χ4n) is 5.03. The molecule has 1 fully saturated rings. The topological polar surface area (TPSA) is 85.4 Å². The molecule has 5 rings (SSSR count). The number of carbonyl (C=O) groups excluding carboxylic acids is 3. The van der Waals surface area contributed by atoms with Crippen LogP contribution in [-0.2, 0) is 31.4 Å². The van der Waals surface area contributed by atoms with Crippen molar-refractivity contribution in [3.63, 3.8) is 0 Å². The molecule has 2 aromatic carbocycles. The molecule has 2 aromatic rings. The third-order valence-corrected chi connectivity index (χ3v) is 7.01. The molecule has 0 atom stereocenters. The number of benzene rings is 2. The van der Waals surface area contributed by atoms with Crippen molar-refractivity contribution in [2.75, 3.05) is 33.3 Å². The third kappa shape index (κ3) is 4.58. The summed E-state index contributed by atoms with van der Waals surface area (Å²) < 4.78 is 29.7. The molecule has 0 unspecified atom stereocenters. The van der Waals surface area contributed by atoms with Gasteiger partial charge in [0.2, 0.25) is 0 Å². The second kappa shape index (κ2) is 9.73. The predicted octanol–water partition coefficient (Wildman–Crippen LogP) is 3.01. The number of amides is 1. The van der Waals surface area contributed by atoms with Crippen molar-refractivity contribution >= 4 is 17.8 Å². The van der Waals surface area contributed by atoms with Crippen LogP contribution in [0.15, 0.2) is 54.6 Å². The molecular formula is C27H27FN2O6. The first-order valence-electron chi connectivity index (χ1n) is 12.0. The quantitative estimate of drug-likeness (QED) is 0.571. The highest BCUT2D eigenvalue weighted by Gasteiger charge is 2.58. The summed E-state index contributed by atoms with van der Waals surface area (Å²) >= 11 is 0. The molecule has 1 spiro atoms. The minimum atomic E-state index is -1.97. The number of carbonyl (C=O) groups is 3. The normalized spacial score (nSPS) is 19.7. The van der Waals surface area contributed by atoms with Gasteiger partial charge in [-0.05, 0) is 74.2 Å². The van der Waals surface area contributed by atoms with Crippen LogP contribution in [0.1, 0.15) is 34.3 Å². The molecule has 0 aromatic heterocycles. The monoisotopic (exact) mass is 494 g/mol. The molecule has 0 N–H and O–H groups in total. The van der Waals surface area contributed by atoms with Crippen molar-refractivity contribution < 1.29 is 33.0 Å². The number of likely N-dealkylation sites (tertiary alicyclic amines) is 1. The fraction of sp³-hybridized carbons (Fsp3) is 0.370. The van der Waals surface area contributed by atoms with Gasteiger partial charge in [-0.15, -0.1) is 0 Å². The number of piperidine rings is 1. The molecule has 3 aliphatic heterocycles. The molecule has 1 amide bonds. The predicted molar refractivity (Wildman–Crippen MR) is 126 cm³/mol. The zero-order chi connectivity index (χ0) is 25.3. The summed E-state index contributed by atoms with van der Waals surface area (Å²) in [6, 6.07) is 11.4. The Hall–Kier alpha value is -3.72. The number of esters is 2. The Morgan fingerprint density at radius 2 is 1.67 bits per heavy atom. The molecule has 8 nitrogen and oxygen atoms in total. The lowest BCUT2D eigenvalue weighted by Crippen LogP contribution is -2.52. The van der Waals surface area contributed by atoms with Crippen molar-refractivity contribution in [2.24, 2.45) is 5.92 Å². The van der Waals surface area contributed by atoms with E-state index >= 15 is 0 Å². The van der Waals surface area contributed by atoms with Gasteiger partial charge in [0, 0.05) is 25.2 Å². The highest BCUT2D eigenvalue weighted by atomic mass is 19.1. The van der Waals surface area contributed by atoms with Crippen molar-refractivity contribution in [2.45, 2.75) is 25.2 Å². The summed E-state index contributed by atoms with van der Waals surface area (Å²) in [4.78, 5) is 42.0. The van der Waals surface area contributed by atoms with Crippen molar-refractivity contribution in [1.29, 1.82) is 0 Å². The Morgan fingerprint density at radius 3 is 2.31 bits per heavy atom. The number of nitrogens with zero attached hydrogens (tertiary/aromatic N) is 2. The lowest BCUT2D eigenvalue weighted by atomic mass is 9.95. The lowest BCUT2D eigenvalue weighted by molar-refractivity contribution is -0.275.